The summed E-state index contributed by atoms with van der Waals surface area (Å²) in [7, 11) is 0. The summed E-state index contributed by atoms with van der Waals surface area (Å²) in [5.41, 5.74) is 3.77. The molecule has 3 N–H and O–H groups in total. The molecule has 0 spiro atoms. The van der Waals surface area contributed by atoms with Crippen LogP contribution >= 0.6 is 23.4 Å². The van der Waals surface area contributed by atoms with Crippen molar-refractivity contribution in [1.82, 2.24) is 5.43 Å². The third kappa shape index (κ3) is 4.21. The fraction of sp³-hybridized carbons (Fsp3) is 0.143. The average Bonchev–Trinajstić information content (AvgIpc) is 2.40. The van der Waals surface area contributed by atoms with Crippen molar-refractivity contribution in [3.8, 4) is 0 Å². The van der Waals surface area contributed by atoms with E-state index >= 15 is 0 Å². The van der Waals surface area contributed by atoms with Crippen LogP contribution < -0.4 is 11.3 Å². The fourth-order valence-corrected chi connectivity index (χ4v) is 2.92. The lowest BCUT2D eigenvalue weighted by Gasteiger charge is -2.16. The third-order valence-electron chi connectivity index (χ3n) is 2.66. The van der Waals surface area contributed by atoms with Gasteiger partial charge in [0.15, 0.2) is 0 Å². The topological polar surface area (TPSA) is 38.0 Å². The lowest BCUT2D eigenvalue weighted by molar-refractivity contribution is 0.610. The molecule has 1 atom stereocenters. The first-order valence-electron chi connectivity index (χ1n) is 5.79. The van der Waals surface area contributed by atoms with Gasteiger partial charge in [-0.2, -0.15) is 0 Å². The van der Waals surface area contributed by atoms with Gasteiger partial charge in [-0.15, -0.1) is 11.8 Å². The van der Waals surface area contributed by atoms with Crippen LogP contribution in [0.5, 0.6) is 0 Å². The molecule has 0 amide bonds. The van der Waals surface area contributed by atoms with Crippen molar-refractivity contribution in [2.75, 3.05) is 5.75 Å². The first-order chi connectivity index (χ1) is 9.19. The normalized spacial score (nSPS) is 12.4. The molecule has 2 aromatic rings. The molecule has 1 unspecified atom stereocenters. The summed E-state index contributed by atoms with van der Waals surface area (Å²) in [4.78, 5) is 0.877. The molecule has 0 saturated heterocycles. The highest BCUT2D eigenvalue weighted by Gasteiger charge is 2.10. The number of thioether (sulfide) groups is 1. The van der Waals surface area contributed by atoms with Crippen LogP contribution in [0.25, 0.3) is 0 Å². The van der Waals surface area contributed by atoms with E-state index in [1.54, 1.807) is 17.8 Å². The van der Waals surface area contributed by atoms with E-state index in [0.717, 1.165) is 10.5 Å². The molecule has 5 heteroatoms. The molecule has 0 aliphatic carbocycles. The number of nitrogens with one attached hydrogen (secondary N) is 1. The molecule has 2 aromatic carbocycles. The molecule has 0 radical (unpaired) electrons. The van der Waals surface area contributed by atoms with E-state index in [9.17, 15) is 4.39 Å². The summed E-state index contributed by atoms with van der Waals surface area (Å²) < 4.78 is 13.1. The standard InChI is InChI=1S/C14H14ClFN2S/c15-11-4-1-3-10(7-11)14(18-17)9-19-13-6-2-5-12(16)8-13/h1-8,14,18H,9,17H2. The van der Waals surface area contributed by atoms with Gasteiger partial charge < -0.3 is 0 Å². The highest BCUT2D eigenvalue weighted by atomic mass is 35.5. The SMILES string of the molecule is NNC(CSc1cccc(F)c1)c1cccc(Cl)c1. The zero-order chi connectivity index (χ0) is 13.7. The summed E-state index contributed by atoms with van der Waals surface area (Å²) in [6, 6.07) is 14.0. The summed E-state index contributed by atoms with van der Waals surface area (Å²) >= 11 is 7.50. The van der Waals surface area contributed by atoms with Crippen LogP contribution in [0.3, 0.4) is 0 Å². The van der Waals surface area contributed by atoms with Crippen molar-refractivity contribution in [2.45, 2.75) is 10.9 Å². The summed E-state index contributed by atoms with van der Waals surface area (Å²) in [6.07, 6.45) is 0. The molecule has 0 fully saturated rings. The Bertz CT molecular complexity index is 550. The highest BCUT2D eigenvalue weighted by molar-refractivity contribution is 7.99. The van der Waals surface area contributed by atoms with E-state index in [0.29, 0.717) is 10.8 Å². The second-order valence-electron chi connectivity index (χ2n) is 4.04. The number of halogens is 2. The number of hydrogen-bond acceptors (Lipinski definition) is 3. The zero-order valence-corrected chi connectivity index (χ0v) is 11.7. The molecule has 0 saturated carbocycles. The van der Waals surface area contributed by atoms with E-state index in [1.807, 2.05) is 30.3 Å². The number of nitrogens with two attached hydrogens (primary N) is 1. The molecule has 0 aliphatic heterocycles. The number of rotatable bonds is 5. The highest BCUT2D eigenvalue weighted by Crippen LogP contribution is 2.26. The Labute approximate surface area is 121 Å². The Hall–Kier alpha value is -1.07. The van der Waals surface area contributed by atoms with E-state index < -0.39 is 0 Å². The van der Waals surface area contributed by atoms with Crippen LogP contribution in [-0.4, -0.2) is 5.75 Å². The zero-order valence-electron chi connectivity index (χ0n) is 10.1. The Morgan fingerprint density at radius 1 is 1.21 bits per heavy atom. The average molecular weight is 297 g/mol. The van der Waals surface area contributed by atoms with Crippen LogP contribution in [0.2, 0.25) is 5.02 Å². The van der Waals surface area contributed by atoms with Crippen molar-refractivity contribution >= 4 is 23.4 Å². The van der Waals surface area contributed by atoms with E-state index in [-0.39, 0.29) is 11.9 Å². The monoisotopic (exact) mass is 296 g/mol. The molecule has 2 nitrogen and oxygen atoms in total. The molecule has 0 heterocycles. The van der Waals surface area contributed by atoms with E-state index in [4.69, 9.17) is 17.4 Å². The maximum atomic E-state index is 13.1. The first-order valence-corrected chi connectivity index (χ1v) is 7.15. The van der Waals surface area contributed by atoms with Gasteiger partial charge in [-0.3, -0.25) is 11.3 Å². The molecule has 100 valence electrons. The predicted octanol–water partition coefficient (Wildman–Crippen LogP) is 3.78. The Balaban J connectivity index is 2.04. The summed E-state index contributed by atoms with van der Waals surface area (Å²) in [5, 5.41) is 0.675. The molecular formula is C14H14ClFN2S. The van der Waals surface area contributed by atoms with Crippen molar-refractivity contribution < 1.29 is 4.39 Å². The molecular weight excluding hydrogens is 283 g/mol. The number of hydrogen-bond donors (Lipinski definition) is 2. The van der Waals surface area contributed by atoms with Crippen LogP contribution in [0.4, 0.5) is 4.39 Å². The Kier molecular flexibility index (Phi) is 5.22. The summed E-state index contributed by atoms with van der Waals surface area (Å²) in [5.74, 6) is 6.03. The van der Waals surface area contributed by atoms with Gasteiger partial charge in [0.05, 0.1) is 6.04 Å². The van der Waals surface area contributed by atoms with Crippen LogP contribution in [0.1, 0.15) is 11.6 Å². The van der Waals surface area contributed by atoms with Crippen LogP contribution in [-0.2, 0) is 0 Å². The van der Waals surface area contributed by atoms with Gasteiger partial charge in [-0.05, 0) is 35.9 Å². The number of benzene rings is 2. The molecule has 2 rings (SSSR count). The van der Waals surface area contributed by atoms with Crippen molar-refractivity contribution in [3.63, 3.8) is 0 Å². The second-order valence-corrected chi connectivity index (χ2v) is 5.57. The minimum absolute atomic E-state index is 0.0352. The van der Waals surface area contributed by atoms with Gasteiger partial charge in [-0.25, -0.2) is 4.39 Å². The van der Waals surface area contributed by atoms with Gasteiger partial charge in [-0.1, -0.05) is 29.8 Å². The minimum atomic E-state index is -0.231. The van der Waals surface area contributed by atoms with Crippen molar-refractivity contribution in [2.24, 2.45) is 5.84 Å². The quantitative estimate of drug-likeness (QED) is 0.501. The lowest BCUT2D eigenvalue weighted by atomic mass is 10.1. The lowest BCUT2D eigenvalue weighted by Crippen LogP contribution is -2.29. The molecule has 0 aliphatic rings. The van der Waals surface area contributed by atoms with Crippen molar-refractivity contribution in [3.05, 3.63) is 64.9 Å². The smallest absolute Gasteiger partial charge is 0.124 e. The maximum absolute atomic E-state index is 13.1. The predicted molar refractivity (Wildman–Crippen MR) is 78.6 cm³/mol. The third-order valence-corrected chi connectivity index (χ3v) is 3.99. The van der Waals surface area contributed by atoms with Crippen LogP contribution in [0.15, 0.2) is 53.4 Å². The number of hydrazine groups is 1. The van der Waals surface area contributed by atoms with Gasteiger partial charge in [0, 0.05) is 15.7 Å². The molecule has 0 bridgehead atoms. The van der Waals surface area contributed by atoms with Gasteiger partial charge in [0.1, 0.15) is 5.82 Å². The Morgan fingerprint density at radius 3 is 2.68 bits per heavy atom. The molecule has 0 aromatic heterocycles. The minimum Gasteiger partial charge on any atom is -0.271 e. The molecule has 19 heavy (non-hydrogen) atoms. The van der Waals surface area contributed by atoms with Gasteiger partial charge in [0.2, 0.25) is 0 Å². The van der Waals surface area contributed by atoms with E-state index in [1.165, 1.54) is 12.1 Å². The Morgan fingerprint density at radius 2 is 2.00 bits per heavy atom. The maximum Gasteiger partial charge on any atom is 0.124 e. The van der Waals surface area contributed by atoms with Gasteiger partial charge >= 0.3 is 0 Å². The van der Waals surface area contributed by atoms with Crippen molar-refractivity contribution in [1.29, 1.82) is 0 Å². The van der Waals surface area contributed by atoms with Gasteiger partial charge in [0.25, 0.3) is 0 Å². The van der Waals surface area contributed by atoms with Crippen LogP contribution in [0, 0.1) is 5.82 Å². The largest absolute Gasteiger partial charge is 0.271 e. The second kappa shape index (κ2) is 6.91. The summed E-state index contributed by atoms with van der Waals surface area (Å²) in [6.45, 7) is 0. The van der Waals surface area contributed by atoms with E-state index in [2.05, 4.69) is 5.43 Å². The fourth-order valence-electron chi connectivity index (χ4n) is 1.70. The first kappa shape index (κ1) is 14.3.